The fourth-order valence-corrected chi connectivity index (χ4v) is 1.16. The highest BCUT2D eigenvalue weighted by Crippen LogP contribution is 2.08. The van der Waals surface area contributed by atoms with E-state index in [-0.39, 0.29) is 0 Å². The second-order valence-electron chi connectivity index (χ2n) is 3.19. The molecule has 0 amide bonds. The quantitative estimate of drug-likeness (QED) is 0.793. The molecule has 0 saturated heterocycles. The van der Waals surface area contributed by atoms with E-state index in [1.807, 2.05) is 13.0 Å². The Morgan fingerprint density at radius 1 is 1.33 bits per heavy atom. The van der Waals surface area contributed by atoms with Gasteiger partial charge in [0, 0.05) is 0 Å². The van der Waals surface area contributed by atoms with Crippen LogP contribution >= 0.6 is 0 Å². The first-order valence-electron chi connectivity index (χ1n) is 4.61. The molecule has 5 heteroatoms. The summed E-state index contributed by atoms with van der Waals surface area (Å²) in [7, 11) is 0. The molecule has 2 aromatic rings. The molecule has 3 N–H and O–H groups in total. The van der Waals surface area contributed by atoms with Crippen molar-refractivity contribution in [2.45, 2.75) is 13.5 Å². The third-order valence-corrected chi connectivity index (χ3v) is 1.88. The van der Waals surface area contributed by atoms with Crippen molar-refractivity contribution in [3.05, 3.63) is 36.2 Å². The largest absolute Gasteiger partial charge is 0.444 e. The summed E-state index contributed by atoms with van der Waals surface area (Å²) in [6.45, 7) is 2.38. The van der Waals surface area contributed by atoms with Crippen LogP contribution in [0.2, 0.25) is 0 Å². The van der Waals surface area contributed by atoms with Crippen LogP contribution in [0.25, 0.3) is 0 Å². The second-order valence-corrected chi connectivity index (χ2v) is 3.19. The zero-order chi connectivity index (χ0) is 10.7. The summed E-state index contributed by atoms with van der Waals surface area (Å²) in [5, 5.41) is 3.08. The van der Waals surface area contributed by atoms with Crippen LogP contribution in [0.3, 0.4) is 0 Å². The lowest BCUT2D eigenvalue weighted by Gasteiger charge is -2.02. The van der Waals surface area contributed by atoms with E-state index in [4.69, 9.17) is 10.2 Å². The van der Waals surface area contributed by atoms with Crippen LogP contribution in [0.5, 0.6) is 0 Å². The van der Waals surface area contributed by atoms with Crippen molar-refractivity contribution < 1.29 is 4.42 Å². The van der Waals surface area contributed by atoms with Crippen LogP contribution in [0.15, 0.2) is 28.9 Å². The van der Waals surface area contributed by atoms with Crippen molar-refractivity contribution in [3.63, 3.8) is 0 Å². The first kappa shape index (κ1) is 9.51. The highest BCUT2D eigenvalue weighted by atomic mass is 16.4. The zero-order valence-corrected chi connectivity index (χ0v) is 8.40. The van der Waals surface area contributed by atoms with Gasteiger partial charge in [-0.1, -0.05) is 0 Å². The number of aromatic nitrogens is 2. The minimum Gasteiger partial charge on any atom is -0.444 e. The molecule has 0 saturated carbocycles. The summed E-state index contributed by atoms with van der Waals surface area (Å²) in [5.74, 6) is 2.20. The maximum atomic E-state index is 5.52. The van der Waals surface area contributed by atoms with Gasteiger partial charge in [0.25, 0.3) is 0 Å². The van der Waals surface area contributed by atoms with Gasteiger partial charge < -0.3 is 15.5 Å². The molecule has 78 valence electrons. The zero-order valence-electron chi connectivity index (χ0n) is 8.40. The number of nitrogens with one attached hydrogen (secondary N) is 1. The van der Waals surface area contributed by atoms with Crippen LogP contribution in [-0.2, 0) is 6.54 Å². The van der Waals surface area contributed by atoms with Crippen molar-refractivity contribution >= 4 is 11.5 Å². The number of hydrogen-bond acceptors (Lipinski definition) is 5. The second kappa shape index (κ2) is 4.00. The number of hydrogen-bond donors (Lipinski definition) is 2. The maximum absolute atomic E-state index is 5.52. The minimum absolute atomic E-state index is 0.519. The first-order valence-corrected chi connectivity index (χ1v) is 4.61. The summed E-state index contributed by atoms with van der Waals surface area (Å²) < 4.78 is 5.30. The molecule has 0 aliphatic heterocycles. The van der Waals surface area contributed by atoms with Gasteiger partial charge in [0.15, 0.2) is 0 Å². The molecule has 0 atom stereocenters. The Morgan fingerprint density at radius 2 is 2.20 bits per heavy atom. The van der Waals surface area contributed by atoms with Crippen molar-refractivity contribution in [2.75, 3.05) is 11.1 Å². The summed E-state index contributed by atoms with van der Waals surface area (Å²) >= 11 is 0. The molecule has 0 unspecified atom stereocenters. The Kier molecular flexibility index (Phi) is 2.53. The third-order valence-electron chi connectivity index (χ3n) is 1.88. The standard InChI is InChI=1S/C10H12N4O/c1-7-4-14-10(15-7)6-13-9-3-2-8(11)5-12-9/h2-5H,6,11H2,1H3,(H,12,13). The Balaban J connectivity index is 1.96. The topological polar surface area (TPSA) is 77.0 Å². The van der Waals surface area contributed by atoms with Gasteiger partial charge in [-0.25, -0.2) is 9.97 Å². The van der Waals surface area contributed by atoms with E-state index in [9.17, 15) is 0 Å². The summed E-state index contributed by atoms with van der Waals surface area (Å²) in [6, 6.07) is 3.60. The number of anilines is 2. The maximum Gasteiger partial charge on any atom is 0.213 e. The summed E-state index contributed by atoms with van der Waals surface area (Å²) in [5.41, 5.74) is 6.16. The predicted octanol–water partition coefficient (Wildman–Crippen LogP) is 1.57. The van der Waals surface area contributed by atoms with E-state index < -0.39 is 0 Å². The van der Waals surface area contributed by atoms with Crippen LogP contribution in [0.4, 0.5) is 11.5 Å². The highest BCUT2D eigenvalue weighted by molar-refractivity contribution is 5.43. The number of pyridine rings is 1. The van der Waals surface area contributed by atoms with E-state index in [1.165, 1.54) is 0 Å². The lowest BCUT2D eigenvalue weighted by Crippen LogP contribution is -2.01. The van der Waals surface area contributed by atoms with E-state index >= 15 is 0 Å². The smallest absolute Gasteiger partial charge is 0.213 e. The minimum atomic E-state index is 0.519. The van der Waals surface area contributed by atoms with Crippen LogP contribution < -0.4 is 11.1 Å². The van der Waals surface area contributed by atoms with Crippen molar-refractivity contribution in [1.29, 1.82) is 0 Å². The molecule has 0 spiro atoms. The van der Waals surface area contributed by atoms with Gasteiger partial charge in [-0.3, -0.25) is 0 Å². The van der Waals surface area contributed by atoms with E-state index in [0.717, 1.165) is 11.6 Å². The number of nitrogens with two attached hydrogens (primary N) is 1. The molecule has 0 radical (unpaired) electrons. The van der Waals surface area contributed by atoms with Gasteiger partial charge in [-0.15, -0.1) is 0 Å². The van der Waals surface area contributed by atoms with Crippen molar-refractivity contribution in [1.82, 2.24) is 9.97 Å². The van der Waals surface area contributed by atoms with E-state index in [0.29, 0.717) is 18.1 Å². The molecular weight excluding hydrogens is 192 g/mol. The van der Waals surface area contributed by atoms with Crippen molar-refractivity contribution in [2.24, 2.45) is 0 Å². The van der Waals surface area contributed by atoms with Crippen molar-refractivity contribution in [3.8, 4) is 0 Å². The molecular formula is C10H12N4O. The molecule has 0 aromatic carbocycles. The Bertz CT molecular complexity index is 435. The molecule has 2 aromatic heterocycles. The third kappa shape index (κ3) is 2.46. The molecule has 2 rings (SSSR count). The SMILES string of the molecule is Cc1cnc(CNc2ccc(N)cn2)o1. The fourth-order valence-electron chi connectivity index (χ4n) is 1.16. The Hall–Kier alpha value is -2.04. The highest BCUT2D eigenvalue weighted by Gasteiger charge is 2.00. The predicted molar refractivity (Wildman–Crippen MR) is 57.2 cm³/mol. The summed E-state index contributed by atoms with van der Waals surface area (Å²) in [6.07, 6.45) is 3.29. The van der Waals surface area contributed by atoms with Gasteiger partial charge in [-0.05, 0) is 19.1 Å². The molecule has 0 bridgehead atoms. The van der Waals surface area contributed by atoms with Crippen LogP contribution in [0, 0.1) is 6.92 Å². The van der Waals surface area contributed by atoms with E-state index in [2.05, 4.69) is 15.3 Å². The van der Waals surface area contributed by atoms with Gasteiger partial charge in [-0.2, -0.15) is 0 Å². The average Bonchev–Trinajstić information content (AvgIpc) is 2.64. The normalized spacial score (nSPS) is 10.2. The van der Waals surface area contributed by atoms with Gasteiger partial charge in [0.2, 0.25) is 5.89 Å². The van der Waals surface area contributed by atoms with Gasteiger partial charge in [0.05, 0.1) is 24.6 Å². The Labute approximate surface area is 87.3 Å². The lowest BCUT2D eigenvalue weighted by atomic mass is 10.4. The van der Waals surface area contributed by atoms with E-state index in [1.54, 1.807) is 18.5 Å². The molecule has 2 heterocycles. The molecule has 5 nitrogen and oxygen atoms in total. The summed E-state index contributed by atoms with van der Waals surface area (Å²) in [4.78, 5) is 8.16. The Morgan fingerprint density at radius 3 is 2.80 bits per heavy atom. The fraction of sp³-hybridized carbons (Fsp3) is 0.200. The molecule has 15 heavy (non-hydrogen) atoms. The number of nitrogens with zero attached hydrogens (tertiary/aromatic N) is 2. The molecule has 0 fully saturated rings. The lowest BCUT2D eigenvalue weighted by molar-refractivity contribution is 0.479. The number of rotatable bonds is 3. The van der Waals surface area contributed by atoms with Gasteiger partial charge in [0.1, 0.15) is 11.6 Å². The van der Waals surface area contributed by atoms with Crippen LogP contribution in [0.1, 0.15) is 11.7 Å². The number of nitrogen functional groups attached to an aromatic ring is 1. The first-order chi connectivity index (χ1) is 7.24. The average molecular weight is 204 g/mol. The molecule has 0 aliphatic carbocycles. The van der Waals surface area contributed by atoms with Gasteiger partial charge >= 0.3 is 0 Å². The number of aryl methyl sites for hydroxylation is 1. The molecule has 0 aliphatic rings. The monoisotopic (exact) mass is 204 g/mol. The van der Waals surface area contributed by atoms with Crippen LogP contribution in [-0.4, -0.2) is 9.97 Å². The number of oxazole rings is 1.